The van der Waals surface area contributed by atoms with E-state index in [0.29, 0.717) is 5.02 Å². The molecule has 0 spiro atoms. The van der Waals surface area contributed by atoms with Gasteiger partial charge in [-0.15, -0.1) is 0 Å². The van der Waals surface area contributed by atoms with Crippen molar-refractivity contribution in [1.82, 2.24) is 4.98 Å². The summed E-state index contributed by atoms with van der Waals surface area (Å²) < 4.78 is 4.48. The Labute approximate surface area is 176 Å². The number of Topliss-reactive ketones (excluding diaryl/α,β-unsaturated/α-hetero) is 1. The zero-order valence-corrected chi connectivity index (χ0v) is 17.9. The first-order valence-corrected chi connectivity index (χ1v) is 9.81. The molecule has 0 aliphatic carbocycles. The summed E-state index contributed by atoms with van der Waals surface area (Å²) in [6, 6.07) is 9.45. The normalized spacial score (nSPS) is 12.4. The Morgan fingerprint density at radius 2 is 1.90 bits per heavy atom. The van der Waals surface area contributed by atoms with Crippen LogP contribution in [0.1, 0.15) is 49.4 Å². The van der Waals surface area contributed by atoms with Gasteiger partial charge in [0.05, 0.1) is 18.9 Å². The zero-order valence-electron chi connectivity index (χ0n) is 17.1. The molecule has 1 atom stereocenters. The van der Waals surface area contributed by atoms with E-state index in [9.17, 15) is 14.7 Å². The van der Waals surface area contributed by atoms with Crippen LogP contribution >= 0.6 is 11.6 Å². The van der Waals surface area contributed by atoms with Crippen molar-refractivity contribution in [1.29, 1.82) is 0 Å². The topological polar surface area (TPSA) is 76.5 Å². The molecule has 0 saturated carbocycles. The minimum absolute atomic E-state index is 0.155. The monoisotopic (exact) mass is 415 g/mol. The maximum Gasteiger partial charge on any atom is 0.313 e. The number of rotatable bonds is 8. The lowest BCUT2D eigenvalue weighted by molar-refractivity contribution is -0.143. The number of aliphatic hydroxyl groups is 1. The van der Waals surface area contributed by atoms with Gasteiger partial charge in [-0.3, -0.25) is 14.6 Å². The summed E-state index contributed by atoms with van der Waals surface area (Å²) >= 11 is 6.02. The molecule has 154 valence electrons. The Morgan fingerprint density at radius 1 is 1.24 bits per heavy atom. The minimum Gasteiger partial charge on any atom is -0.469 e. The van der Waals surface area contributed by atoms with Gasteiger partial charge >= 0.3 is 5.97 Å². The number of aliphatic hydroxyl groups excluding tert-OH is 1. The van der Waals surface area contributed by atoms with Gasteiger partial charge in [-0.2, -0.15) is 0 Å². The summed E-state index contributed by atoms with van der Waals surface area (Å²) in [7, 11) is 1.22. The number of pyridine rings is 1. The standard InChI is InChI=1S/C23H26ClNO4/c1-14(2)21-11-15(3)25-23(16-5-7-17(24)8-6-16)20(21)10-9-18(26)12-19(27)13-22(28)29-4/h5-11,14,18,26H,12-13H2,1-4H3/b10-9+. The number of aromatic nitrogens is 1. The van der Waals surface area contributed by atoms with Crippen molar-refractivity contribution in [3.05, 3.63) is 58.3 Å². The van der Waals surface area contributed by atoms with E-state index in [1.54, 1.807) is 12.2 Å². The van der Waals surface area contributed by atoms with Crippen LogP contribution in [0.3, 0.4) is 0 Å². The van der Waals surface area contributed by atoms with Gasteiger partial charge in [0, 0.05) is 28.3 Å². The summed E-state index contributed by atoms with van der Waals surface area (Å²) in [5, 5.41) is 10.9. The Morgan fingerprint density at radius 3 is 2.48 bits per heavy atom. The fourth-order valence-electron chi connectivity index (χ4n) is 3.00. The molecule has 0 saturated heterocycles. The van der Waals surface area contributed by atoms with Crippen molar-refractivity contribution in [3.63, 3.8) is 0 Å². The lowest BCUT2D eigenvalue weighted by Crippen LogP contribution is -2.15. The van der Waals surface area contributed by atoms with E-state index in [4.69, 9.17) is 16.6 Å². The molecule has 0 bridgehead atoms. The molecule has 1 heterocycles. The lowest BCUT2D eigenvalue weighted by Gasteiger charge is -2.16. The molecule has 29 heavy (non-hydrogen) atoms. The van der Waals surface area contributed by atoms with E-state index < -0.39 is 12.1 Å². The number of benzene rings is 1. The maximum absolute atomic E-state index is 11.9. The Balaban J connectivity index is 2.37. The number of nitrogens with zero attached hydrogens (tertiary/aromatic N) is 1. The molecule has 0 aliphatic heterocycles. The first kappa shape index (κ1) is 22.8. The van der Waals surface area contributed by atoms with E-state index in [1.807, 2.05) is 37.3 Å². The molecule has 1 N–H and O–H groups in total. The third kappa shape index (κ3) is 6.51. The summed E-state index contributed by atoms with van der Waals surface area (Å²) in [5.74, 6) is -0.750. The quantitative estimate of drug-likeness (QED) is 0.498. The van der Waals surface area contributed by atoms with Gasteiger partial charge in [-0.25, -0.2) is 0 Å². The van der Waals surface area contributed by atoms with E-state index in [-0.39, 0.29) is 24.5 Å². The van der Waals surface area contributed by atoms with Gasteiger partial charge in [0.25, 0.3) is 0 Å². The highest BCUT2D eigenvalue weighted by molar-refractivity contribution is 6.30. The number of aryl methyl sites for hydroxylation is 1. The fourth-order valence-corrected chi connectivity index (χ4v) is 3.13. The zero-order chi connectivity index (χ0) is 21.6. The van der Waals surface area contributed by atoms with Crippen LogP contribution in [0.5, 0.6) is 0 Å². The first-order chi connectivity index (χ1) is 13.7. The van der Waals surface area contributed by atoms with Crippen molar-refractivity contribution < 1.29 is 19.4 Å². The number of ketones is 1. The van der Waals surface area contributed by atoms with E-state index in [2.05, 4.69) is 18.6 Å². The van der Waals surface area contributed by atoms with Crippen LogP contribution in [-0.2, 0) is 14.3 Å². The highest BCUT2D eigenvalue weighted by Crippen LogP contribution is 2.31. The number of carbonyl (C=O) groups is 2. The highest BCUT2D eigenvalue weighted by atomic mass is 35.5. The van der Waals surface area contributed by atoms with Crippen molar-refractivity contribution in [3.8, 4) is 11.3 Å². The molecule has 2 aromatic rings. The average Bonchev–Trinajstić information content (AvgIpc) is 2.66. The van der Waals surface area contributed by atoms with Gasteiger partial charge < -0.3 is 9.84 Å². The molecule has 0 amide bonds. The predicted molar refractivity (Wildman–Crippen MR) is 115 cm³/mol. The number of carbonyl (C=O) groups excluding carboxylic acids is 2. The number of esters is 1. The first-order valence-electron chi connectivity index (χ1n) is 9.43. The van der Waals surface area contributed by atoms with Gasteiger partial charge in [-0.1, -0.05) is 49.7 Å². The van der Waals surface area contributed by atoms with E-state index in [0.717, 1.165) is 28.1 Å². The van der Waals surface area contributed by atoms with Gasteiger partial charge in [-0.05, 0) is 36.6 Å². The third-order valence-electron chi connectivity index (χ3n) is 4.45. The van der Waals surface area contributed by atoms with Gasteiger partial charge in [0.2, 0.25) is 0 Å². The molecule has 5 nitrogen and oxygen atoms in total. The number of ether oxygens (including phenoxy) is 1. The lowest BCUT2D eigenvalue weighted by atomic mass is 9.92. The summed E-state index contributed by atoms with van der Waals surface area (Å²) in [6.45, 7) is 6.13. The minimum atomic E-state index is -1.01. The number of hydrogen-bond acceptors (Lipinski definition) is 5. The largest absolute Gasteiger partial charge is 0.469 e. The van der Waals surface area contributed by atoms with Crippen molar-refractivity contribution >= 4 is 29.4 Å². The SMILES string of the molecule is COC(=O)CC(=O)CC(O)/C=C/c1c(C(C)C)cc(C)nc1-c1ccc(Cl)cc1. The summed E-state index contributed by atoms with van der Waals surface area (Å²) in [6.07, 6.45) is 1.85. The summed E-state index contributed by atoms with van der Waals surface area (Å²) in [5.41, 5.74) is 4.56. The molecule has 0 fully saturated rings. The molecular weight excluding hydrogens is 390 g/mol. The molecule has 0 radical (unpaired) electrons. The van der Waals surface area contributed by atoms with Gasteiger partial charge in [0.15, 0.2) is 0 Å². The molecule has 2 rings (SSSR count). The molecule has 0 aliphatic rings. The van der Waals surface area contributed by atoms with Gasteiger partial charge in [0.1, 0.15) is 12.2 Å². The Hall–Kier alpha value is -2.50. The van der Waals surface area contributed by atoms with Crippen LogP contribution in [-0.4, -0.2) is 35.1 Å². The third-order valence-corrected chi connectivity index (χ3v) is 4.70. The van der Waals surface area contributed by atoms with Crippen LogP contribution < -0.4 is 0 Å². The van der Waals surface area contributed by atoms with Crippen molar-refractivity contribution in [2.45, 2.75) is 45.6 Å². The van der Waals surface area contributed by atoms with E-state index in [1.165, 1.54) is 7.11 Å². The summed E-state index contributed by atoms with van der Waals surface area (Å²) in [4.78, 5) is 27.8. The number of hydrogen-bond donors (Lipinski definition) is 1. The van der Waals surface area contributed by atoms with Crippen LogP contribution in [0.15, 0.2) is 36.4 Å². The second kappa shape index (κ2) is 10.3. The molecular formula is C23H26ClNO4. The highest BCUT2D eigenvalue weighted by Gasteiger charge is 2.16. The van der Waals surface area contributed by atoms with Crippen LogP contribution in [0.4, 0.5) is 0 Å². The van der Waals surface area contributed by atoms with Crippen molar-refractivity contribution in [2.24, 2.45) is 0 Å². The second-order valence-electron chi connectivity index (χ2n) is 7.20. The molecule has 1 aromatic carbocycles. The molecule has 6 heteroatoms. The fraction of sp³-hybridized carbons (Fsp3) is 0.348. The second-order valence-corrected chi connectivity index (χ2v) is 7.64. The Kier molecular flexibility index (Phi) is 8.11. The van der Waals surface area contributed by atoms with E-state index >= 15 is 0 Å². The van der Waals surface area contributed by atoms with Crippen molar-refractivity contribution in [2.75, 3.05) is 7.11 Å². The van der Waals surface area contributed by atoms with Crippen LogP contribution in [0, 0.1) is 6.92 Å². The molecule has 1 aromatic heterocycles. The maximum atomic E-state index is 11.9. The average molecular weight is 416 g/mol. The smallest absolute Gasteiger partial charge is 0.313 e. The van der Waals surface area contributed by atoms with Crippen LogP contribution in [0.25, 0.3) is 17.3 Å². The number of halogens is 1. The molecule has 1 unspecified atom stereocenters. The number of methoxy groups -OCH3 is 1. The van der Waals surface area contributed by atoms with Crippen LogP contribution in [0.2, 0.25) is 5.02 Å². The predicted octanol–water partition coefficient (Wildman–Crippen LogP) is 4.73. The Bertz CT molecular complexity index is 904.